The number of rotatable bonds is 9. The molecule has 3 aromatic carbocycles. The summed E-state index contributed by atoms with van der Waals surface area (Å²) >= 11 is 0. The smallest absolute Gasteiger partial charge is 0.416 e. The molecule has 0 aromatic heterocycles. The lowest BCUT2D eigenvalue weighted by molar-refractivity contribution is -0.143. The molecular formula is C25H22F3NO5. The third kappa shape index (κ3) is 6.82. The van der Waals surface area contributed by atoms with Gasteiger partial charge in [-0.3, -0.25) is 4.79 Å². The molecule has 0 aliphatic rings. The van der Waals surface area contributed by atoms with E-state index in [2.05, 4.69) is 5.32 Å². The fourth-order valence-corrected chi connectivity index (χ4v) is 3.20. The fraction of sp³-hybridized carbons (Fsp3) is 0.200. The predicted octanol–water partition coefficient (Wildman–Crippen LogP) is 4.13. The van der Waals surface area contributed by atoms with E-state index in [1.165, 1.54) is 0 Å². The average Bonchev–Trinajstić information content (AvgIpc) is 2.82. The Morgan fingerprint density at radius 1 is 0.912 bits per heavy atom. The highest BCUT2D eigenvalue weighted by molar-refractivity contribution is 5.87. The van der Waals surface area contributed by atoms with Gasteiger partial charge in [-0.2, -0.15) is 13.2 Å². The van der Waals surface area contributed by atoms with Crippen LogP contribution >= 0.6 is 0 Å². The average molecular weight is 473 g/mol. The minimum absolute atomic E-state index is 0.0917. The minimum atomic E-state index is -4.56. The van der Waals surface area contributed by atoms with Gasteiger partial charge in [0, 0.05) is 6.42 Å². The van der Waals surface area contributed by atoms with Gasteiger partial charge in [0.15, 0.2) is 6.10 Å². The standard InChI is InChI=1S/C25H22F3NO5/c26-25(27,28)19-11-9-18(10-12-19)22(30)23(31)29-21(24(32)33)14-17-7-4-8-20(13-17)34-15-16-5-2-1-3-6-16/h1-13,21-22,30H,14-15H2,(H,29,31)(H,32,33)/t21-,22+/m0/s1. The molecule has 3 rings (SSSR count). The molecule has 178 valence electrons. The van der Waals surface area contributed by atoms with Crippen molar-refractivity contribution in [2.45, 2.75) is 31.3 Å². The zero-order valence-electron chi connectivity index (χ0n) is 17.8. The number of carbonyl (C=O) groups is 2. The first-order valence-corrected chi connectivity index (χ1v) is 10.3. The number of carboxylic acids is 1. The number of amides is 1. The summed E-state index contributed by atoms with van der Waals surface area (Å²) in [6.07, 6.45) is -6.48. The van der Waals surface area contributed by atoms with Crippen molar-refractivity contribution in [2.75, 3.05) is 0 Å². The Morgan fingerprint density at radius 3 is 2.18 bits per heavy atom. The van der Waals surface area contributed by atoms with E-state index in [1.807, 2.05) is 30.3 Å². The second kappa shape index (κ2) is 10.8. The number of aliphatic carboxylic acids is 1. The summed E-state index contributed by atoms with van der Waals surface area (Å²) in [6.45, 7) is 0.322. The van der Waals surface area contributed by atoms with Gasteiger partial charge < -0.3 is 20.3 Å². The molecule has 0 unspecified atom stereocenters. The quantitative estimate of drug-likeness (QED) is 0.434. The van der Waals surface area contributed by atoms with Gasteiger partial charge in [0.2, 0.25) is 0 Å². The second-order valence-corrected chi connectivity index (χ2v) is 7.55. The van der Waals surface area contributed by atoms with Gasteiger partial charge in [-0.25, -0.2) is 4.79 Å². The number of benzene rings is 3. The SMILES string of the molecule is O=C(O)[C@H](Cc1cccc(OCc2ccccc2)c1)NC(=O)[C@H](O)c1ccc(C(F)(F)F)cc1. The molecule has 34 heavy (non-hydrogen) atoms. The van der Waals surface area contributed by atoms with Crippen molar-refractivity contribution in [3.05, 3.63) is 101 Å². The maximum absolute atomic E-state index is 12.7. The van der Waals surface area contributed by atoms with Crippen molar-refractivity contribution in [3.8, 4) is 5.75 Å². The van der Waals surface area contributed by atoms with E-state index in [9.17, 15) is 33.0 Å². The highest BCUT2D eigenvalue weighted by Gasteiger charge is 2.31. The topological polar surface area (TPSA) is 95.9 Å². The van der Waals surface area contributed by atoms with E-state index in [0.717, 1.165) is 29.8 Å². The first-order valence-electron chi connectivity index (χ1n) is 10.3. The van der Waals surface area contributed by atoms with Crippen molar-refractivity contribution in [3.63, 3.8) is 0 Å². The lowest BCUT2D eigenvalue weighted by atomic mass is 10.0. The largest absolute Gasteiger partial charge is 0.489 e. The molecule has 0 spiro atoms. The Balaban J connectivity index is 1.63. The molecule has 6 nitrogen and oxygen atoms in total. The van der Waals surface area contributed by atoms with Crippen LogP contribution in [0.3, 0.4) is 0 Å². The lowest BCUT2D eigenvalue weighted by Crippen LogP contribution is -2.44. The molecule has 0 bridgehead atoms. The third-order valence-corrected chi connectivity index (χ3v) is 5.00. The number of carboxylic acid groups (broad SMARTS) is 1. The van der Waals surface area contributed by atoms with Crippen LogP contribution in [-0.2, 0) is 28.8 Å². The van der Waals surface area contributed by atoms with E-state index < -0.39 is 35.8 Å². The van der Waals surface area contributed by atoms with Gasteiger partial charge in [-0.1, -0.05) is 54.6 Å². The van der Waals surface area contributed by atoms with E-state index in [1.54, 1.807) is 24.3 Å². The summed E-state index contributed by atoms with van der Waals surface area (Å²) in [5, 5.41) is 22.0. The summed E-state index contributed by atoms with van der Waals surface area (Å²) in [4.78, 5) is 24.1. The molecule has 0 radical (unpaired) electrons. The third-order valence-electron chi connectivity index (χ3n) is 5.00. The molecule has 3 aromatic rings. The summed E-state index contributed by atoms with van der Waals surface area (Å²) in [6, 6.07) is 18.2. The predicted molar refractivity (Wildman–Crippen MR) is 117 cm³/mol. The number of ether oxygens (including phenoxy) is 1. The molecule has 0 heterocycles. The summed E-state index contributed by atoms with van der Waals surface area (Å²) in [5.41, 5.74) is 0.510. The molecule has 0 saturated carbocycles. The summed E-state index contributed by atoms with van der Waals surface area (Å²) in [7, 11) is 0. The Labute approximate surface area is 193 Å². The Morgan fingerprint density at radius 2 is 1.56 bits per heavy atom. The zero-order chi connectivity index (χ0) is 24.7. The zero-order valence-corrected chi connectivity index (χ0v) is 17.8. The minimum Gasteiger partial charge on any atom is -0.489 e. The van der Waals surface area contributed by atoms with Crippen molar-refractivity contribution in [1.29, 1.82) is 0 Å². The first kappa shape index (κ1) is 24.8. The number of nitrogens with one attached hydrogen (secondary N) is 1. The Kier molecular flexibility index (Phi) is 7.91. The van der Waals surface area contributed by atoms with Crippen LogP contribution in [0.15, 0.2) is 78.9 Å². The van der Waals surface area contributed by atoms with Crippen LogP contribution in [0.25, 0.3) is 0 Å². The van der Waals surface area contributed by atoms with E-state index in [4.69, 9.17) is 4.74 Å². The number of aliphatic hydroxyl groups excluding tert-OH is 1. The van der Waals surface area contributed by atoms with Gasteiger partial charge >= 0.3 is 12.1 Å². The normalized spacial score (nSPS) is 13.1. The summed E-state index contributed by atoms with van der Waals surface area (Å²) in [5.74, 6) is -1.85. The highest BCUT2D eigenvalue weighted by Crippen LogP contribution is 2.30. The number of carbonyl (C=O) groups excluding carboxylic acids is 1. The maximum atomic E-state index is 12.7. The number of hydrogen-bond donors (Lipinski definition) is 3. The van der Waals surface area contributed by atoms with Gasteiger partial charge in [0.05, 0.1) is 5.56 Å². The molecule has 0 saturated heterocycles. The molecule has 0 aliphatic heterocycles. The summed E-state index contributed by atoms with van der Waals surface area (Å²) < 4.78 is 43.8. The van der Waals surface area contributed by atoms with Crippen LogP contribution in [0.2, 0.25) is 0 Å². The number of alkyl halides is 3. The van der Waals surface area contributed by atoms with Gasteiger partial charge in [0.1, 0.15) is 18.4 Å². The van der Waals surface area contributed by atoms with Gasteiger partial charge in [0.25, 0.3) is 5.91 Å². The maximum Gasteiger partial charge on any atom is 0.416 e. The second-order valence-electron chi connectivity index (χ2n) is 7.55. The van der Waals surface area contributed by atoms with E-state index in [0.29, 0.717) is 17.9 Å². The number of aliphatic hydroxyl groups is 1. The van der Waals surface area contributed by atoms with Crippen LogP contribution in [0, 0.1) is 0 Å². The van der Waals surface area contributed by atoms with Crippen LogP contribution in [0.5, 0.6) is 5.75 Å². The van der Waals surface area contributed by atoms with Crippen molar-refractivity contribution in [2.24, 2.45) is 0 Å². The van der Waals surface area contributed by atoms with Crippen molar-refractivity contribution < 1.29 is 37.7 Å². The Hall–Kier alpha value is -3.85. The molecule has 0 aliphatic carbocycles. The van der Waals surface area contributed by atoms with E-state index >= 15 is 0 Å². The monoisotopic (exact) mass is 473 g/mol. The van der Waals surface area contributed by atoms with Crippen molar-refractivity contribution in [1.82, 2.24) is 5.32 Å². The lowest BCUT2D eigenvalue weighted by Gasteiger charge is -2.18. The molecule has 3 N–H and O–H groups in total. The molecule has 0 fully saturated rings. The van der Waals surface area contributed by atoms with Crippen LogP contribution < -0.4 is 10.1 Å². The molecule has 1 amide bonds. The van der Waals surface area contributed by atoms with Gasteiger partial charge in [-0.15, -0.1) is 0 Å². The van der Waals surface area contributed by atoms with Crippen LogP contribution in [-0.4, -0.2) is 28.1 Å². The van der Waals surface area contributed by atoms with E-state index in [-0.39, 0.29) is 12.0 Å². The van der Waals surface area contributed by atoms with Crippen LogP contribution in [0.1, 0.15) is 28.4 Å². The first-order chi connectivity index (χ1) is 16.1. The molecule has 2 atom stereocenters. The number of hydrogen-bond acceptors (Lipinski definition) is 4. The van der Waals surface area contributed by atoms with Crippen LogP contribution in [0.4, 0.5) is 13.2 Å². The van der Waals surface area contributed by atoms with Crippen molar-refractivity contribution >= 4 is 11.9 Å². The fourth-order valence-electron chi connectivity index (χ4n) is 3.20. The Bertz CT molecular complexity index is 1120. The molecule has 9 heteroatoms. The highest BCUT2D eigenvalue weighted by atomic mass is 19.4. The molecular weight excluding hydrogens is 451 g/mol. The van der Waals surface area contributed by atoms with Gasteiger partial charge in [-0.05, 0) is 41.0 Å². The number of halogens is 3.